The minimum absolute atomic E-state index is 0.209. The topological polar surface area (TPSA) is 85.5 Å². The van der Waals surface area contributed by atoms with Crippen LogP contribution in [-0.4, -0.2) is 42.3 Å². The van der Waals surface area contributed by atoms with Gasteiger partial charge in [0.05, 0.1) is 17.4 Å². The second-order valence-corrected chi connectivity index (χ2v) is 6.63. The van der Waals surface area contributed by atoms with Crippen LogP contribution in [0.2, 0.25) is 5.15 Å². The maximum absolute atomic E-state index is 12.8. The molecule has 0 unspecified atom stereocenters. The Labute approximate surface area is 160 Å². The summed E-state index contributed by atoms with van der Waals surface area (Å²) >= 11 is 6.28. The third-order valence-electron chi connectivity index (χ3n) is 3.93. The van der Waals surface area contributed by atoms with Crippen LogP contribution >= 0.6 is 11.6 Å². The van der Waals surface area contributed by atoms with E-state index in [4.69, 9.17) is 16.3 Å². The van der Waals surface area contributed by atoms with Crippen LogP contribution in [0.1, 0.15) is 29.9 Å². The van der Waals surface area contributed by atoms with Gasteiger partial charge in [-0.2, -0.15) is 10.1 Å². The van der Waals surface area contributed by atoms with Gasteiger partial charge in [0.25, 0.3) is 5.91 Å². The molecule has 0 spiro atoms. The normalized spacial score (nSPS) is 15.4. The number of hydrogen-bond donors (Lipinski definition) is 0. The van der Waals surface area contributed by atoms with E-state index in [1.165, 1.54) is 5.01 Å². The van der Waals surface area contributed by atoms with Gasteiger partial charge in [0.15, 0.2) is 5.15 Å². The van der Waals surface area contributed by atoms with E-state index < -0.39 is 5.72 Å². The van der Waals surface area contributed by atoms with Crippen LogP contribution in [0, 0.1) is 0 Å². The third kappa shape index (κ3) is 3.15. The Morgan fingerprint density at radius 3 is 2.74 bits per heavy atom. The van der Waals surface area contributed by atoms with Gasteiger partial charge in [-0.25, -0.2) is 4.68 Å². The molecule has 136 valence electrons. The Morgan fingerprint density at radius 2 is 2.04 bits per heavy atom. The van der Waals surface area contributed by atoms with E-state index in [1.807, 2.05) is 6.07 Å². The second kappa shape index (κ2) is 6.48. The lowest BCUT2D eigenvalue weighted by molar-refractivity contribution is -0.0176. The number of nitrogens with zero attached hydrogens (tertiary/aromatic N) is 6. The minimum Gasteiger partial charge on any atom is -0.448 e. The van der Waals surface area contributed by atoms with Crippen LogP contribution in [0.3, 0.4) is 0 Å². The molecule has 0 radical (unpaired) electrons. The van der Waals surface area contributed by atoms with Crippen molar-refractivity contribution in [2.24, 2.45) is 5.10 Å². The summed E-state index contributed by atoms with van der Waals surface area (Å²) in [5.74, 6) is -0.157. The van der Waals surface area contributed by atoms with Gasteiger partial charge >= 0.3 is 0 Å². The van der Waals surface area contributed by atoms with E-state index in [-0.39, 0.29) is 22.7 Å². The first-order valence-corrected chi connectivity index (χ1v) is 8.53. The summed E-state index contributed by atoms with van der Waals surface area (Å²) in [4.78, 5) is 20.9. The third-order valence-corrected chi connectivity index (χ3v) is 4.21. The molecule has 0 N–H and O–H groups in total. The number of amides is 1. The molecule has 9 heteroatoms. The maximum Gasteiger partial charge on any atom is 0.296 e. The Morgan fingerprint density at radius 1 is 1.19 bits per heavy atom. The van der Waals surface area contributed by atoms with Crippen LogP contribution < -0.4 is 0 Å². The van der Waals surface area contributed by atoms with Gasteiger partial charge in [-0.05, 0) is 38.1 Å². The standard InChI is InChI=1S/C18H15ClN6O2/c1-18(2)25(17(26)14-7-3-4-9-21-14)23-16(27-18)13-11-24(22-15(13)19)12-6-5-8-20-10-12/h3-11H,1-2H3. The van der Waals surface area contributed by atoms with E-state index in [9.17, 15) is 4.79 Å². The quantitative estimate of drug-likeness (QED) is 0.695. The van der Waals surface area contributed by atoms with E-state index in [2.05, 4.69) is 20.2 Å². The van der Waals surface area contributed by atoms with Crippen molar-refractivity contribution in [2.45, 2.75) is 19.6 Å². The molecule has 27 heavy (non-hydrogen) atoms. The number of carbonyl (C=O) groups is 1. The molecule has 3 aromatic rings. The molecule has 1 aliphatic heterocycles. The van der Waals surface area contributed by atoms with E-state index in [0.29, 0.717) is 5.56 Å². The van der Waals surface area contributed by atoms with Crippen molar-refractivity contribution in [3.63, 3.8) is 0 Å². The highest BCUT2D eigenvalue weighted by atomic mass is 35.5. The smallest absolute Gasteiger partial charge is 0.296 e. The molecule has 0 saturated heterocycles. The summed E-state index contributed by atoms with van der Waals surface area (Å²) in [6, 6.07) is 8.75. The zero-order chi connectivity index (χ0) is 19.0. The molecule has 0 fully saturated rings. The van der Waals surface area contributed by atoms with Crippen molar-refractivity contribution in [1.29, 1.82) is 0 Å². The van der Waals surface area contributed by atoms with Crippen molar-refractivity contribution in [2.75, 3.05) is 0 Å². The first kappa shape index (κ1) is 17.2. The van der Waals surface area contributed by atoms with Crippen LogP contribution in [0.15, 0.2) is 60.2 Å². The molecular formula is C18H15ClN6O2. The molecule has 8 nitrogen and oxygen atoms in total. The first-order valence-electron chi connectivity index (χ1n) is 8.15. The second-order valence-electron chi connectivity index (χ2n) is 6.28. The zero-order valence-electron chi connectivity index (χ0n) is 14.6. The summed E-state index contributed by atoms with van der Waals surface area (Å²) in [5.41, 5.74) is 0.495. The molecular weight excluding hydrogens is 368 g/mol. The highest BCUT2D eigenvalue weighted by Gasteiger charge is 2.42. The lowest BCUT2D eigenvalue weighted by Crippen LogP contribution is -2.42. The number of rotatable bonds is 3. The molecule has 3 aromatic heterocycles. The molecule has 0 saturated carbocycles. The Balaban J connectivity index is 1.69. The fraction of sp³-hybridized carbons (Fsp3) is 0.167. The molecule has 0 aromatic carbocycles. The predicted octanol–water partition coefficient (Wildman–Crippen LogP) is 2.89. The Hall–Kier alpha value is -3.26. The highest BCUT2D eigenvalue weighted by molar-refractivity contribution is 6.32. The summed E-state index contributed by atoms with van der Waals surface area (Å²) < 4.78 is 7.47. The van der Waals surface area contributed by atoms with Crippen LogP contribution in [0.4, 0.5) is 0 Å². The summed E-state index contributed by atoms with van der Waals surface area (Å²) in [5, 5.41) is 10.1. The van der Waals surface area contributed by atoms with E-state index in [0.717, 1.165) is 5.69 Å². The lowest BCUT2D eigenvalue weighted by atomic mass is 10.2. The largest absolute Gasteiger partial charge is 0.448 e. The van der Waals surface area contributed by atoms with Gasteiger partial charge in [-0.1, -0.05) is 17.7 Å². The maximum atomic E-state index is 12.8. The van der Waals surface area contributed by atoms with Crippen LogP contribution in [0.25, 0.3) is 5.69 Å². The number of aromatic nitrogens is 4. The molecule has 0 bridgehead atoms. The SMILES string of the molecule is CC1(C)OC(c2cn(-c3cccnc3)nc2Cl)=NN1C(=O)c1ccccn1. The van der Waals surface area contributed by atoms with Crippen molar-refractivity contribution in [3.8, 4) is 5.69 Å². The number of halogens is 1. The summed E-state index contributed by atoms with van der Waals surface area (Å²) in [6.07, 6.45) is 6.56. The molecule has 4 heterocycles. The molecule has 1 aliphatic rings. The monoisotopic (exact) mass is 382 g/mol. The first-order chi connectivity index (χ1) is 13.0. The highest BCUT2D eigenvalue weighted by Crippen LogP contribution is 2.30. The molecule has 0 aliphatic carbocycles. The minimum atomic E-state index is -0.996. The van der Waals surface area contributed by atoms with Crippen LogP contribution in [-0.2, 0) is 4.74 Å². The van der Waals surface area contributed by atoms with E-state index >= 15 is 0 Å². The van der Waals surface area contributed by atoms with Gasteiger partial charge in [0.1, 0.15) is 5.69 Å². The van der Waals surface area contributed by atoms with Gasteiger partial charge < -0.3 is 4.74 Å². The van der Waals surface area contributed by atoms with Crippen molar-refractivity contribution < 1.29 is 9.53 Å². The average Bonchev–Trinajstić information content (AvgIpc) is 3.22. The molecule has 1 amide bonds. The average molecular weight is 383 g/mol. The van der Waals surface area contributed by atoms with Gasteiger partial charge in [-0.15, -0.1) is 5.10 Å². The summed E-state index contributed by atoms with van der Waals surface area (Å²) in [6.45, 7) is 3.48. The van der Waals surface area contributed by atoms with Crippen molar-refractivity contribution in [1.82, 2.24) is 24.8 Å². The molecule has 0 atom stereocenters. The van der Waals surface area contributed by atoms with Gasteiger partial charge in [0.2, 0.25) is 11.6 Å². The predicted molar refractivity (Wildman–Crippen MR) is 98.5 cm³/mol. The van der Waals surface area contributed by atoms with E-state index in [1.54, 1.807) is 67.6 Å². The Bertz CT molecular complexity index is 1020. The Kier molecular flexibility index (Phi) is 4.12. The number of carbonyl (C=O) groups excluding carboxylic acids is 1. The summed E-state index contributed by atoms with van der Waals surface area (Å²) in [7, 11) is 0. The number of ether oxygens (including phenoxy) is 1. The van der Waals surface area contributed by atoms with Gasteiger partial charge in [-0.3, -0.25) is 14.8 Å². The zero-order valence-corrected chi connectivity index (χ0v) is 15.3. The van der Waals surface area contributed by atoms with Crippen molar-refractivity contribution in [3.05, 3.63) is 71.5 Å². The lowest BCUT2D eigenvalue weighted by Gasteiger charge is -2.26. The molecule has 4 rings (SSSR count). The fourth-order valence-corrected chi connectivity index (χ4v) is 2.84. The number of hydrazone groups is 1. The van der Waals surface area contributed by atoms with Gasteiger partial charge in [0, 0.05) is 18.6 Å². The van der Waals surface area contributed by atoms with Crippen LogP contribution in [0.5, 0.6) is 0 Å². The number of pyridine rings is 2. The fourth-order valence-electron chi connectivity index (χ4n) is 2.63. The number of hydrogen-bond acceptors (Lipinski definition) is 6. The van der Waals surface area contributed by atoms with Crippen molar-refractivity contribution >= 4 is 23.4 Å².